The van der Waals surface area contributed by atoms with E-state index in [2.05, 4.69) is 12.4 Å². The Bertz CT molecular complexity index is 659. The molecule has 0 aliphatic carbocycles. The molecule has 0 saturated heterocycles. The van der Waals surface area contributed by atoms with Crippen LogP contribution in [0.2, 0.25) is 0 Å². The van der Waals surface area contributed by atoms with Crippen LogP contribution < -0.4 is 15.9 Å². The molecular weight excluding hydrogens is 346 g/mol. The first kappa shape index (κ1) is 20.9. The molecule has 1 aromatic rings. The van der Waals surface area contributed by atoms with E-state index in [1.165, 1.54) is 43.5 Å². The maximum Gasteiger partial charge on any atom is 0.326 e. The summed E-state index contributed by atoms with van der Waals surface area (Å²) in [5.74, 6) is -0.474. The van der Waals surface area contributed by atoms with E-state index in [9.17, 15) is 18.0 Å². The Morgan fingerprint density at radius 2 is 1.64 bits per heavy atom. The van der Waals surface area contributed by atoms with E-state index in [0.717, 1.165) is 19.3 Å². The fraction of sp³-hybridized carbons (Fsp3) is 0.500. The number of primary amides is 1. The predicted octanol–water partition coefficient (Wildman–Crippen LogP) is 2.07. The molecule has 0 unspecified atom stereocenters. The van der Waals surface area contributed by atoms with Crippen LogP contribution in [0.5, 0.6) is 0 Å². The van der Waals surface area contributed by atoms with Gasteiger partial charge in [-0.3, -0.25) is 9.63 Å². The summed E-state index contributed by atoms with van der Waals surface area (Å²) in [6, 6.07) is 3.87. The van der Waals surface area contributed by atoms with E-state index in [-0.39, 0.29) is 10.5 Å². The number of rotatable bonds is 11. The van der Waals surface area contributed by atoms with Crippen molar-refractivity contribution in [2.45, 2.75) is 50.3 Å². The summed E-state index contributed by atoms with van der Waals surface area (Å²) in [5.41, 5.74) is 7.35. The van der Waals surface area contributed by atoms with Crippen molar-refractivity contribution in [3.63, 3.8) is 0 Å². The Labute approximate surface area is 148 Å². The van der Waals surface area contributed by atoms with Crippen molar-refractivity contribution in [2.24, 2.45) is 5.73 Å². The van der Waals surface area contributed by atoms with Crippen molar-refractivity contribution in [3.05, 3.63) is 29.8 Å². The van der Waals surface area contributed by atoms with E-state index in [4.69, 9.17) is 10.6 Å². The van der Waals surface area contributed by atoms with Crippen LogP contribution in [0.1, 0.15) is 55.8 Å². The van der Waals surface area contributed by atoms with Crippen LogP contribution in [0.4, 0.5) is 4.79 Å². The third-order valence-electron chi connectivity index (χ3n) is 3.43. The van der Waals surface area contributed by atoms with Gasteiger partial charge in [-0.25, -0.2) is 23.4 Å². The normalized spacial score (nSPS) is 11.1. The summed E-state index contributed by atoms with van der Waals surface area (Å²) in [7, 11) is -4.02. The van der Waals surface area contributed by atoms with Crippen molar-refractivity contribution in [2.75, 3.05) is 6.61 Å². The lowest BCUT2D eigenvalue weighted by molar-refractivity contribution is 0.0297. The molecule has 3 amide bonds. The molecule has 0 saturated carbocycles. The lowest BCUT2D eigenvalue weighted by Crippen LogP contribution is -2.35. The third kappa shape index (κ3) is 7.99. The molecule has 0 atom stereocenters. The van der Waals surface area contributed by atoms with Gasteiger partial charge >= 0.3 is 6.03 Å². The summed E-state index contributed by atoms with van der Waals surface area (Å²) in [5, 5.41) is 0. The quantitative estimate of drug-likeness (QED) is 0.405. The lowest BCUT2D eigenvalue weighted by Gasteiger charge is -2.07. The summed E-state index contributed by atoms with van der Waals surface area (Å²) >= 11 is 0. The first-order valence-electron chi connectivity index (χ1n) is 8.21. The van der Waals surface area contributed by atoms with Gasteiger partial charge in [-0.2, -0.15) is 0 Å². The molecule has 0 heterocycles. The number of carbonyl (C=O) groups is 2. The standard InChI is InChI=1S/C16H25N3O5S/c1-2-3-4-5-6-7-12-24-18-15(20)13-8-10-14(11-9-13)25(22,23)19-16(17)21/h8-11H,2-7,12H2,1H3,(H,18,20)(H3,17,19,21). The van der Waals surface area contributed by atoms with Gasteiger partial charge in [0.25, 0.3) is 15.9 Å². The van der Waals surface area contributed by atoms with Gasteiger partial charge in [-0.1, -0.05) is 39.0 Å². The van der Waals surface area contributed by atoms with Gasteiger partial charge in [-0.15, -0.1) is 0 Å². The zero-order valence-electron chi connectivity index (χ0n) is 14.3. The minimum absolute atomic E-state index is 0.171. The molecule has 0 aliphatic heterocycles. The smallest absolute Gasteiger partial charge is 0.326 e. The average Bonchev–Trinajstić information content (AvgIpc) is 2.56. The van der Waals surface area contributed by atoms with Crippen molar-refractivity contribution in [1.29, 1.82) is 0 Å². The highest BCUT2D eigenvalue weighted by molar-refractivity contribution is 7.90. The molecule has 0 fully saturated rings. The summed E-state index contributed by atoms with van der Waals surface area (Å²) in [6.45, 7) is 2.59. The van der Waals surface area contributed by atoms with Gasteiger partial charge in [0.1, 0.15) is 0 Å². The largest absolute Gasteiger partial charge is 0.351 e. The van der Waals surface area contributed by atoms with E-state index < -0.39 is 22.0 Å². The fourth-order valence-electron chi connectivity index (χ4n) is 2.11. The topological polar surface area (TPSA) is 128 Å². The number of hydrogen-bond acceptors (Lipinski definition) is 5. The van der Waals surface area contributed by atoms with Crippen molar-refractivity contribution in [3.8, 4) is 0 Å². The predicted molar refractivity (Wildman–Crippen MR) is 93.1 cm³/mol. The Morgan fingerprint density at radius 3 is 2.24 bits per heavy atom. The highest BCUT2D eigenvalue weighted by Gasteiger charge is 2.16. The number of unbranched alkanes of at least 4 members (excludes halogenated alkanes) is 5. The van der Waals surface area contributed by atoms with Gasteiger partial charge < -0.3 is 5.73 Å². The minimum Gasteiger partial charge on any atom is -0.351 e. The maximum atomic E-state index is 11.9. The molecule has 1 rings (SSSR count). The van der Waals surface area contributed by atoms with E-state index >= 15 is 0 Å². The molecule has 8 nitrogen and oxygen atoms in total. The Hall–Kier alpha value is -2.13. The van der Waals surface area contributed by atoms with Crippen LogP contribution in [0.25, 0.3) is 0 Å². The summed E-state index contributed by atoms with van der Waals surface area (Å²) in [4.78, 5) is 27.5. The van der Waals surface area contributed by atoms with Gasteiger partial charge in [0.15, 0.2) is 0 Å². The van der Waals surface area contributed by atoms with Crippen LogP contribution >= 0.6 is 0 Å². The molecule has 0 aromatic heterocycles. The molecule has 140 valence electrons. The van der Waals surface area contributed by atoms with Crippen LogP contribution in [0, 0.1) is 0 Å². The van der Waals surface area contributed by atoms with Crippen molar-refractivity contribution >= 4 is 22.0 Å². The second-order valence-corrected chi connectivity index (χ2v) is 7.22. The number of sulfonamides is 1. The maximum absolute atomic E-state index is 11.9. The number of carbonyl (C=O) groups excluding carboxylic acids is 2. The molecule has 0 aliphatic rings. The molecule has 25 heavy (non-hydrogen) atoms. The number of nitrogens with two attached hydrogens (primary N) is 1. The molecule has 0 bridgehead atoms. The molecule has 4 N–H and O–H groups in total. The first-order chi connectivity index (χ1) is 11.9. The zero-order chi connectivity index (χ0) is 18.7. The third-order valence-corrected chi connectivity index (χ3v) is 4.79. The Balaban J connectivity index is 2.38. The van der Waals surface area contributed by atoms with Crippen LogP contribution in [0.3, 0.4) is 0 Å². The highest BCUT2D eigenvalue weighted by Crippen LogP contribution is 2.10. The number of amides is 3. The molecule has 0 spiro atoms. The second-order valence-electron chi connectivity index (χ2n) is 5.54. The molecule has 9 heteroatoms. The lowest BCUT2D eigenvalue weighted by atomic mass is 10.1. The van der Waals surface area contributed by atoms with Crippen molar-refractivity contribution in [1.82, 2.24) is 10.2 Å². The van der Waals surface area contributed by atoms with Gasteiger partial charge in [-0.05, 0) is 30.7 Å². The average molecular weight is 371 g/mol. The Kier molecular flexibility index (Phi) is 8.93. The fourth-order valence-corrected chi connectivity index (χ4v) is 2.98. The molecule has 1 aromatic carbocycles. The van der Waals surface area contributed by atoms with Gasteiger partial charge in [0.05, 0.1) is 11.5 Å². The molecule has 0 radical (unpaired) electrons. The van der Waals surface area contributed by atoms with Crippen LogP contribution in [-0.2, 0) is 14.9 Å². The number of hydrogen-bond donors (Lipinski definition) is 3. The summed E-state index contributed by atoms with van der Waals surface area (Å²) < 4.78 is 25.1. The van der Waals surface area contributed by atoms with Crippen molar-refractivity contribution < 1.29 is 22.8 Å². The monoisotopic (exact) mass is 371 g/mol. The van der Waals surface area contributed by atoms with Crippen LogP contribution in [-0.4, -0.2) is 27.0 Å². The van der Waals surface area contributed by atoms with E-state index in [0.29, 0.717) is 6.61 Å². The number of nitrogens with one attached hydrogen (secondary N) is 2. The summed E-state index contributed by atoms with van der Waals surface area (Å²) in [6.07, 6.45) is 6.71. The molecular formula is C16H25N3O5S. The van der Waals surface area contributed by atoms with Crippen LogP contribution in [0.15, 0.2) is 29.2 Å². The number of urea groups is 1. The zero-order valence-corrected chi connectivity index (χ0v) is 15.1. The van der Waals surface area contributed by atoms with E-state index in [1.807, 2.05) is 0 Å². The first-order valence-corrected chi connectivity index (χ1v) is 9.69. The van der Waals surface area contributed by atoms with E-state index in [1.54, 1.807) is 4.72 Å². The minimum atomic E-state index is -4.02. The SMILES string of the molecule is CCCCCCCCONC(=O)c1ccc(S(=O)(=O)NC(N)=O)cc1. The number of hydroxylamine groups is 1. The van der Waals surface area contributed by atoms with Gasteiger partial charge in [0, 0.05) is 5.56 Å². The second kappa shape index (κ2) is 10.7. The number of benzene rings is 1. The Morgan fingerprint density at radius 1 is 1.04 bits per heavy atom. The highest BCUT2D eigenvalue weighted by atomic mass is 32.2. The van der Waals surface area contributed by atoms with Gasteiger partial charge in [0.2, 0.25) is 0 Å².